The number of ether oxygens (including phenoxy) is 1. The zero-order valence-electron chi connectivity index (χ0n) is 14.9. The molecule has 28 heavy (non-hydrogen) atoms. The van der Waals surface area contributed by atoms with Crippen LogP contribution in [0.3, 0.4) is 0 Å². The minimum absolute atomic E-state index is 0.0576. The van der Waals surface area contributed by atoms with Crippen LogP contribution in [0.15, 0.2) is 40.9 Å². The van der Waals surface area contributed by atoms with E-state index in [1.807, 2.05) is 0 Å². The van der Waals surface area contributed by atoms with Gasteiger partial charge >= 0.3 is 12.0 Å². The second kappa shape index (κ2) is 8.33. The Morgan fingerprint density at radius 3 is 2.64 bits per heavy atom. The molecule has 3 rings (SSSR count). The molecule has 1 saturated heterocycles. The summed E-state index contributed by atoms with van der Waals surface area (Å²) in [5.74, 6) is -1.07. The lowest BCUT2D eigenvalue weighted by atomic mass is 10.1. The van der Waals surface area contributed by atoms with E-state index in [1.54, 1.807) is 37.3 Å². The van der Waals surface area contributed by atoms with Gasteiger partial charge in [-0.3, -0.25) is 19.7 Å². The first-order valence-corrected chi connectivity index (χ1v) is 8.52. The van der Waals surface area contributed by atoms with Gasteiger partial charge in [-0.2, -0.15) is 0 Å². The number of urea groups is 1. The number of aromatic nitrogens is 1. The fraction of sp³-hybridized carbons (Fsp3) is 0.278. The van der Waals surface area contributed by atoms with E-state index in [9.17, 15) is 19.2 Å². The van der Waals surface area contributed by atoms with Gasteiger partial charge in [-0.05, 0) is 13.3 Å². The molecule has 2 atom stereocenters. The van der Waals surface area contributed by atoms with Crippen LogP contribution < -0.4 is 16.0 Å². The third-order valence-corrected chi connectivity index (χ3v) is 3.96. The standard InChI is InChI=1S/C18H18N4O6/c1-10-9-13(22-28-10)20-17(25)15(11-5-3-2-4-6-11)27-14(23)8-7-12-16(24)21-18(26)19-12/h2-6,9,12,15H,7-8H2,1H3,(H,20,22,25)(H2,19,21,24,26). The third kappa shape index (κ3) is 4.72. The van der Waals surface area contributed by atoms with Gasteiger partial charge in [0.2, 0.25) is 6.10 Å². The Balaban J connectivity index is 1.65. The summed E-state index contributed by atoms with van der Waals surface area (Å²) in [6, 6.07) is 8.61. The molecule has 0 saturated carbocycles. The van der Waals surface area contributed by atoms with E-state index in [4.69, 9.17) is 9.26 Å². The molecular formula is C18H18N4O6. The highest BCUT2D eigenvalue weighted by atomic mass is 16.5. The third-order valence-electron chi connectivity index (χ3n) is 3.96. The molecule has 1 aromatic carbocycles. The molecule has 1 fully saturated rings. The minimum Gasteiger partial charge on any atom is -0.447 e. The maximum atomic E-state index is 12.6. The highest BCUT2D eigenvalue weighted by Crippen LogP contribution is 2.21. The van der Waals surface area contributed by atoms with Crippen LogP contribution in [0.4, 0.5) is 10.6 Å². The molecule has 2 unspecified atom stereocenters. The minimum atomic E-state index is -1.21. The first-order chi connectivity index (χ1) is 13.4. The van der Waals surface area contributed by atoms with Gasteiger partial charge in [0.25, 0.3) is 11.8 Å². The molecule has 2 aromatic rings. The first kappa shape index (κ1) is 19.1. The van der Waals surface area contributed by atoms with Crippen molar-refractivity contribution in [2.75, 3.05) is 5.32 Å². The average molecular weight is 386 g/mol. The van der Waals surface area contributed by atoms with Gasteiger partial charge < -0.3 is 19.9 Å². The van der Waals surface area contributed by atoms with Crippen molar-refractivity contribution in [3.8, 4) is 0 Å². The lowest BCUT2D eigenvalue weighted by Crippen LogP contribution is -2.30. The predicted octanol–water partition coefficient (Wildman–Crippen LogP) is 1.19. The summed E-state index contributed by atoms with van der Waals surface area (Å²) in [5, 5.41) is 10.7. The Labute approximate surface area is 159 Å². The summed E-state index contributed by atoms with van der Waals surface area (Å²) in [6.07, 6.45) is -1.31. The van der Waals surface area contributed by atoms with E-state index in [1.165, 1.54) is 6.07 Å². The molecule has 1 aliphatic rings. The largest absolute Gasteiger partial charge is 0.447 e. The van der Waals surface area contributed by atoms with Crippen LogP contribution in [0.1, 0.15) is 30.3 Å². The zero-order valence-corrected chi connectivity index (χ0v) is 14.9. The van der Waals surface area contributed by atoms with Crippen molar-refractivity contribution in [1.82, 2.24) is 15.8 Å². The van der Waals surface area contributed by atoms with Crippen LogP contribution in [0.5, 0.6) is 0 Å². The SMILES string of the molecule is Cc1cc(NC(=O)C(OC(=O)CCC2NC(=O)NC2=O)c2ccccc2)no1. The van der Waals surface area contributed by atoms with Crippen molar-refractivity contribution in [2.24, 2.45) is 0 Å². The highest BCUT2D eigenvalue weighted by Gasteiger charge is 2.31. The Kier molecular flexibility index (Phi) is 5.68. The molecule has 146 valence electrons. The number of hydrogen-bond acceptors (Lipinski definition) is 7. The summed E-state index contributed by atoms with van der Waals surface area (Å²) in [7, 11) is 0. The number of benzene rings is 1. The molecule has 2 heterocycles. The lowest BCUT2D eigenvalue weighted by Gasteiger charge is -2.17. The number of esters is 1. The number of carbonyl (C=O) groups is 4. The van der Waals surface area contributed by atoms with Crippen molar-refractivity contribution in [1.29, 1.82) is 0 Å². The van der Waals surface area contributed by atoms with Crippen LogP contribution in [-0.2, 0) is 19.1 Å². The van der Waals surface area contributed by atoms with Gasteiger partial charge in [-0.25, -0.2) is 4.79 Å². The molecule has 10 heteroatoms. The Bertz CT molecular complexity index is 894. The molecule has 3 N–H and O–H groups in total. The molecule has 0 radical (unpaired) electrons. The summed E-state index contributed by atoms with van der Waals surface area (Å²) in [4.78, 5) is 47.5. The average Bonchev–Trinajstić information content (AvgIpc) is 3.22. The number of aryl methyl sites for hydroxylation is 1. The van der Waals surface area contributed by atoms with E-state index in [-0.39, 0.29) is 18.7 Å². The van der Waals surface area contributed by atoms with E-state index in [0.29, 0.717) is 11.3 Å². The van der Waals surface area contributed by atoms with Crippen LogP contribution in [0.2, 0.25) is 0 Å². The van der Waals surface area contributed by atoms with Crippen molar-refractivity contribution < 1.29 is 28.4 Å². The smallest absolute Gasteiger partial charge is 0.322 e. The van der Waals surface area contributed by atoms with Gasteiger partial charge in [0.15, 0.2) is 5.82 Å². The van der Waals surface area contributed by atoms with E-state index in [2.05, 4.69) is 21.1 Å². The number of hydrogen-bond donors (Lipinski definition) is 3. The molecule has 0 bridgehead atoms. The zero-order chi connectivity index (χ0) is 20.1. The van der Waals surface area contributed by atoms with E-state index >= 15 is 0 Å². The van der Waals surface area contributed by atoms with Gasteiger partial charge in [0, 0.05) is 18.1 Å². The predicted molar refractivity (Wildman–Crippen MR) is 94.8 cm³/mol. The maximum Gasteiger partial charge on any atom is 0.322 e. The fourth-order valence-corrected chi connectivity index (χ4v) is 2.63. The van der Waals surface area contributed by atoms with Crippen LogP contribution in [-0.4, -0.2) is 35.0 Å². The van der Waals surface area contributed by atoms with Gasteiger partial charge in [0.1, 0.15) is 11.8 Å². The number of nitrogens with zero attached hydrogens (tertiary/aromatic N) is 1. The van der Waals surface area contributed by atoms with Crippen LogP contribution in [0.25, 0.3) is 0 Å². The van der Waals surface area contributed by atoms with Gasteiger partial charge in [0.05, 0.1) is 0 Å². The van der Waals surface area contributed by atoms with E-state index in [0.717, 1.165) is 0 Å². The Hall–Kier alpha value is -3.69. The molecule has 10 nitrogen and oxygen atoms in total. The highest BCUT2D eigenvalue weighted by molar-refractivity contribution is 6.04. The van der Waals surface area contributed by atoms with Crippen molar-refractivity contribution >= 4 is 29.6 Å². The fourth-order valence-electron chi connectivity index (χ4n) is 2.63. The summed E-state index contributed by atoms with van der Waals surface area (Å²) < 4.78 is 10.2. The Morgan fingerprint density at radius 2 is 2.04 bits per heavy atom. The summed E-state index contributed by atoms with van der Waals surface area (Å²) in [5.41, 5.74) is 0.473. The number of carbonyl (C=O) groups excluding carboxylic acids is 4. The molecule has 0 aliphatic carbocycles. The quantitative estimate of drug-likeness (QED) is 0.480. The number of anilines is 1. The topological polar surface area (TPSA) is 140 Å². The molecule has 1 aliphatic heterocycles. The van der Waals surface area contributed by atoms with Crippen LogP contribution in [0, 0.1) is 6.92 Å². The molecule has 4 amide bonds. The summed E-state index contributed by atoms with van der Waals surface area (Å²) in [6.45, 7) is 1.68. The monoisotopic (exact) mass is 386 g/mol. The summed E-state index contributed by atoms with van der Waals surface area (Å²) >= 11 is 0. The number of amides is 4. The first-order valence-electron chi connectivity index (χ1n) is 8.52. The second-order valence-corrected chi connectivity index (χ2v) is 6.15. The number of rotatable bonds is 7. The van der Waals surface area contributed by atoms with Crippen molar-refractivity contribution in [3.05, 3.63) is 47.7 Å². The second-order valence-electron chi connectivity index (χ2n) is 6.15. The molecule has 0 spiro atoms. The lowest BCUT2D eigenvalue weighted by molar-refractivity contribution is -0.155. The number of imide groups is 1. The Morgan fingerprint density at radius 1 is 1.29 bits per heavy atom. The van der Waals surface area contributed by atoms with Gasteiger partial charge in [-0.15, -0.1) is 0 Å². The van der Waals surface area contributed by atoms with Crippen molar-refractivity contribution in [2.45, 2.75) is 31.9 Å². The number of nitrogens with one attached hydrogen (secondary N) is 3. The maximum absolute atomic E-state index is 12.6. The van der Waals surface area contributed by atoms with Crippen LogP contribution >= 0.6 is 0 Å². The molecular weight excluding hydrogens is 368 g/mol. The van der Waals surface area contributed by atoms with Crippen molar-refractivity contribution in [3.63, 3.8) is 0 Å². The normalized spacial score (nSPS) is 16.8. The molecule has 1 aromatic heterocycles. The van der Waals surface area contributed by atoms with E-state index < -0.39 is 36.0 Å². The van der Waals surface area contributed by atoms with Gasteiger partial charge in [-0.1, -0.05) is 35.5 Å².